The number of anilines is 1. The highest BCUT2D eigenvalue weighted by atomic mass is 16.5. The van der Waals surface area contributed by atoms with Gasteiger partial charge in [0.05, 0.1) is 19.9 Å². The zero-order valence-electron chi connectivity index (χ0n) is 10.5. The van der Waals surface area contributed by atoms with Crippen molar-refractivity contribution in [1.29, 1.82) is 0 Å². The molecule has 18 heavy (non-hydrogen) atoms. The van der Waals surface area contributed by atoms with Gasteiger partial charge in [-0.2, -0.15) is 0 Å². The number of para-hydroxylation sites is 1. The molecule has 0 aromatic heterocycles. The van der Waals surface area contributed by atoms with Crippen LogP contribution in [0.15, 0.2) is 24.3 Å². The molecule has 1 aromatic carbocycles. The fraction of sp³-hybridized carbons (Fsp3) is 0.231. The van der Waals surface area contributed by atoms with Crippen LogP contribution >= 0.6 is 0 Å². The van der Waals surface area contributed by atoms with Crippen molar-refractivity contribution in [3.63, 3.8) is 0 Å². The summed E-state index contributed by atoms with van der Waals surface area (Å²) in [6, 6.07) is 5.45. The minimum absolute atomic E-state index is 0.458. The highest BCUT2D eigenvalue weighted by molar-refractivity contribution is 5.92. The summed E-state index contributed by atoms with van der Waals surface area (Å²) in [7, 11) is 2.59. The lowest BCUT2D eigenvalue weighted by atomic mass is 10.1. The molecule has 0 spiro atoms. The number of methoxy groups -OCH3 is 2. The second-order valence-corrected chi connectivity index (χ2v) is 3.51. The lowest BCUT2D eigenvalue weighted by Gasteiger charge is -2.10. The van der Waals surface area contributed by atoms with Crippen LogP contribution in [-0.4, -0.2) is 26.3 Å². The van der Waals surface area contributed by atoms with E-state index in [4.69, 9.17) is 0 Å². The average Bonchev–Trinajstić information content (AvgIpc) is 2.38. The molecule has 0 aliphatic carbocycles. The summed E-state index contributed by atoms with van der Waals surface area (Å²) >= 11 is 0. The molecule has 0 saturated carbocycles. The molecule has 1 aromatic rings. The summed E-state index contributed by atoms with van der Waals surface area (Å²) in [6.07, 6.45) is 2.30. The number of rotatable bonds is 3. The van der Waals surface area contributed by atoms with Crippen molar-refractivity contribution in [3.05, 3.63) is 35.4 Å². The van der Waals surface area contributed by atoms with Crippen LogP contribution < -0.4 is 5.32 Å². The molecule has 96 valence electrons. The van der Waals surface area contributed by atoms with E-state index in [1.165, 1.54) is 20.3 Å². The van der Waals surface area contributed by atoms with Crippen LogP contribution in [0.25, 0.3) is 6.08 Å². The first-order valence-electron chi connectivity index (χ1n) is 5.29. The van der Waals surface area contributed by atoms with E-state index in [1.807, 2.05) is 19.1 Å². The van der Waals surface area contributed by atoms with Crippen LogP contribution in [0.3, 0.4) is 0 Å². The number of aryl methyl sites for hydroxylation is 1. The van der Waals surface area contributed by atoms with E-state index in [1.54, 1.807) is 12.1 Å². The molecule has 1 N–H and O–H groups in total. The van der Waals surface area contributed by atoms with Crippen molar-refractivity contribution in [1.82, 2.24) is 0 Å². The van der Waals surface area contributed by atoms with E-state index in [2.05, 4.69) is 14.8 Å². The zero-order chi connectivity index (χ0) is 13.5. The lowest BCUT2D eigenvalue weighted by Crippen LogP contribution is -2.13. The van der Waals surface area contributed by atoms with E-state index in [0.29, 0.717) is 11.3 Å². The Morgan fingerprint density at radius 2 is 1.94 bits per heavy atom. The van der Waals surface area contributed by atoms with Gasteiger partial charge in [-0.25, -0.2) is 9.59 Å². The monoisotopic (exact) mass is 249 g/mol. The number of ether oxygens (including phenoxy) is 2. The third-order valence-electron chi connectivity index (χ3n) is 2.32. The summed E-state index contributed by atoms with van der Waals surface area (Å²) < 4.78 is 9.05. The van der Waals surface area contributed by atoms with Crippen molar-refractivity contribution in [3.8, 4) is 0 Å². The fourth-order valence-corrected chi connectivity index (χ4v) is 1.38. The third kappa shape index (κ3) is 3.62. The SMILES string of the molecule is COC(=O)/C=C/c1cccc(C)c1NC(=O)OC. The molecule has 0 heterocycles. The number of hydrogen-bond acceptors (Lipinski definition) is 4. The summed E-state index contributed by atoms with van der Waals surface area (Å²) in [6.45, 7) is 1.85. The maximum atomic E-state index is 11.2. The molecular weight excluding hydrogens is 234 g/mol. The van der Waals surface area contributed by atoms with Gasteiger partial charge in [-0.15, -0.1) is 0 Å². The number of esters is 1. The first-order valence-corrected chi connectivity index (χ1v) is 5.29. The number of amides is 1. The van der Waals surface area contributed by atoms with Gasteiger partial charge in [0.25, 0.3) is 0 Å². The Bertz CT molecular complexity index is 480. The van der Waals surface area contributed by atoms with E-state index in [0.717, 1.165) is 5.56 Å². The van der Waals surface area contributed by atoms with Crippen molar-refractivity contribution in [2.24, 2.45) is 0 Å². The Hall–Kier alpha value is -2.30. The van der Waals surface area contributed by atoms with Gasteiger partial charge < -0.3 is 9.47 Å². The standard InChI is InChI=1S/C13H15NO4/c1-9-5-4-6-10(7-8-11(15)17-2)12(9)14-13(16)18-3/h4-8H,1-3H3,(H,14,16)/b8-7+. The molecular formula is C13H15NO4. The topological polar surface area (TPSA) is 64.6 Å². The molecule has 0 fully saturated rings. The summed E-state index contributed by atoms with van der Waals surface area (Å²) in [5.41, 5.74) is 2.17. The van der Waals surface area contributed by atoms with Gasteiger partial charge in [-0.1, -0.05) is 18.2 Å². The molecule has 5 heteroatoms. The Labute approximate surface area is 105 Å². The maximum Gasteiger partial charge on any atom is 0.411 e. The molecule has 0 bridgehead atoms. The fourth-order valence-electron chi connectivity index (χ4n) is 1.38. The molecule has 1 rings (SSSR count). The average molecular weight is 249 g/mol. The Morgan fingerprint density at radius 3 is 2.56 bits per heavy atom. The van der Waals surface area contributed by atoms with Crippen LogP contribution in [-0.2, 0) is 14.3 Å². The number of hydrogen-bond donors (Lipinski definition) is 1. The molecule has 0 saturated heterocycles. The second kappa shape index (κ2) is 6.44. The second-order valence-electron chi connectivity index (χ2n) is 3.51. The Morgan fingerprint density at radius 1 is 1.22 bits per heavy atom. The van der Waals surface area contributed by atoms with Gasteiger partial charge in [0.2, 0.25) is 0 Å². The summed E-state index contributed by atoms with van der Waals surface area (Å²) in [4.78, 5) is 22.3. The number of carbonyl (C=O) groups excluding carboxylic acids is 2. The summed E-state index contributed by atoms with van der Waals surface area (Å²) in [5.74, 6) is -0.458. The number of nitrogens with one attached hydrogen (secondary N) is 1. The largest absolute Gasteiger partial charge is 0.466 e. The molecule has 0 radical (unpaired) electrons. The van der Waals surface area contributed by atoms with Gasteiger partial charge >= 0.3 is 12.1 Å². The van der Waals surface area contributed by atoms with Gasteiger partial charge in [0.15, 0.2) is 0 Å². The Kier molecular flexibility index (Phi) is 4.92. The first-order chi connectivity index (χ1) is 8.58. The van der Waals surface area contributed by atoms with Crippen molar-refractivity contribution >= 4 is 23.8 Å². The number of benzene rings is 1. The molecule has 1 amide bonds. The maximum absolute atomic E-state index is 11.2. The van der Waals surface area contributed by atoms with Crippen LogP contribution in [0.1, 0.15) is 11.1 Å². The minimum Gasteiger partial charge on any atom is -0.466 e. The van der Waals surface area contributed by atoms with Crippen LogP contribution in [0.2, 0.25) is 0 Å². The van der Waals surface area contributed by atoms with Crippen LogP contribution in [0.4, 0.5) is 10.5 Å². The van der Waals surface area contributed by atoms with E-state index < -0.39 is 12.1 Å². The van der Waals surface area contributed by atoms with Gasteiger partial charge in [0.1, 0.15) is 0 Å². The Balaban J connectivity index is 3.04. The van der Waals surface area contributed by atoms with Gasteiger partial charge in [-0.3, -0.25) is 5.32 Å². The van der Waals surface area contributed by atoms with E-state index in [9.17, 15) is 9.59 Å². The van der Waals surface area contributed by atoms with Crippen molar-refractivity contribution in [2.45, 2.75) is 6.92 Å². The normalized spacial score (nSPS) is 10.2. The quantitative estimate of drug-likeness (QED) is 0.659. The molecule has 5 nitrogen and oxygen atoms in total. The van der Waals surface area contributed by atoms with E-state index in [-0.39, 0.29) is 0 Å². The zero-order valence-corrected chi connectivity index (χ0v) is 10.5. The molecule has 0 atom stereocenters. The van der Waals surface area contributed by atoms with Crippen LogP contribution in [0, 0.1) is 6.92 Å². The highest BCUT2D eigenvalue weighted by Gasteiger charge is 2.07. The lowest BCUT2D eigenvalue weighted by molar-refractivity contribution is -0.134. The van der Waals surface area contributed by atoms with Gasteiger partial charge in [0, 0.05) is 6.08 Å². The molecule has 0 unspecified atom stereocenters. The van der Waals surface area contributed by atoms with Crippen molar-refractivity contribution in [2.75, 3.05) is 19.5 Å². The molecule has 0 aliphatic rings. The first kappa shape index (κ1) is 13.8. The number of carbonyl (C=O) groups is 2. The van der Waals surface area contributed by atoms with Crippen molar-refractivity contribution < 1.29 is 19.1 Å². The molecule has 0 aliphatic heterocycles. The van der Waals surface area contributed by atoms with E-state index >= 15 is 0 Å². The minimum atomic E-state index is -0.558. The highest BCUT2D eigenvalue weighted by Crippen LogP contribution is 2.22. The third-order valence-corrected chi connectivity index (χ3v) is 2.32. The smallest absolute Gasteiger partial charge is 0.411 e. The summed E-state index contributed by atoms with van der Waals surface area (Å²) in [5, 5.41) is 2.61. The predicted molar refractivity (Wildman–Crippen MR) is 68.3 cm³/mol. The van der Waals surface area contributed by atoms with Crippen LogP contribution in [0.5, 0.6) is 0 Å². The van der Waals surface area contributed by atoms with Gasteiger partial charge in [-0.05, 0) is 24.1 Å². The predicted octanol–water partition coefficient (Wildman–Crippen LogP) is 2.36.